The minimum atomic E-state index is 0. The summed E-state index contributed by atoms with van der Waals surface area (Å²) < 4.78 is 0. The molecular formula is C10H15ClS. The third-order valence-electron chi connectivity index (χ3n) is 1.58. The van der Waals surface area contributed by atoms with E-state index in [0.717, 1.165) is 0 Å². The van der Waals surface area contributed by atoms with Gasteiger partial charge in [0.05, 0.1) is 12.5 Å². The van der Waals surface area contributed by atoms with Gasteiger partial charge in [0, 0.05) is 5.56 Å². The minimum Gasteiger partial charge on any atom is -1.00 e. The fourth-order valence-electron chi connectivity index (χ4n) is 1.02. The Morgan fingerprint density at radius 1 is 1.08 bits per heavy atom. The molecule has 0 amide bonds. The Kier molecular flexibility index (Phi) is 5.43. The van der Waals surface area contributed by atoms with E-state index in [2.05, 4.69) is 43.7 Å². The van der Waals surface area contributed by atoms with Crippen molar-refractivity contribution in [2.24, 2.45) is 0 Å². The molecule has 68 valence electrons. The zero-order valence-corrected chi connectivity index (χ0v) is 9.38. The maximum absolute atomic E-state index is 2.28. The molecule has 0 aliphatic carbocycles. The highest BCUT2D eigenvalue weighted by Gasteiger charge is 2.02. The summed E-state index contributed by atoms with van der Waals surface area (Å²) in [7, 11) is 0.527. The van der Waals surface area contributed by atoms with E-state index in [4.69, 9.17) is 0 Å². The Hall–Kier alpha value is -0.140. The van der Waals surface area contributed by atoms with E-state index in [-0.39, 0.29) is 12.4 Å². The van der Waals surface area contributed by atoms with Crippen LogP contribution in [-0.4, -0.2) is 12.5 Å². The first-order valence-electron chi connectivity index (χ1n) is 3.78. The Balaban J connectivity index is 0.00000121. The monoisotopic (exact) mass is 202 g/mol. The van der Waals surface area contributed by atoms with Crippen LogP contribution in [-0.2, 0) is 16.6 Å². The number of aryl methyl sites for hydroxylation is 1. The molecule has 0 fully saturated rings. The van der Waals surface area contributed by atoms with Crippen LogP contribution in [0.4, 0.5) is 0 Å². The van der Waals surface area contributed by atoms with Gasteiger partial charge in [0.1, 0.15) is 5.75 Å². The molecule has 0 atom stereocenters. The molecule has 1 aromatic carbocycles. The van der Waals surface area contributed by atoms with Gasteiger partial charge in [-0.15, -0.1) is 0 Å². The summed E-state index contributed by atoms with van der Waals surface area (Å²) >= 11 is 0. The molecule has 0 aromatic heterocycles. The molecule has 1 rings (SSSR count). The van der Waals surface area contributed by atoms with Crippen molar-refractivity contribution >= 4 is 10.9 Å². The Labute approximate surface area is 84.1 Å². The topological polar surface area (TPSA) is 0 Å². The van der Waals surface area contributed by atoms with Gasteiger partial charge in [0.2, 0.25) is 0 Å². The van der Waals surface area contributed by atoms with Gasteiger partial charge >= 0.3 is 0 Å². The van der Waals surface area contributed by atoms with E-state index in [0.29, 0.717) is 10.9 Å². The molecule has 0 radical (unpaired) electrons. The molecule has 0 saturated carbocycles. The lowest BCUT2D eigenvalue weighted by Crippen LogP contribution is -3.00. The summed E-state index contributed by atoms with van der Waals surface area (Å²) in [6, 6.07) is 8.81. The highest BCUT2D eigenvalue weighted by atomic mass is 35.5. The predicted molar refractivity (Wildman–Crippen MR) is 54.1 cm³/mol. The molecule has 2 heteroatoms. The third-order valence-corrected chi connectivity index (χ3v) is 2.49. The van der Waals surface area contributed by atoms with Crippen LogP contribution >= 0.6 is 0 Å². The van der Waals surface area contributed by atoms with Crippen molar-refractivity contribution in [1.82, 2.24) is 0 Å². The fraction of sp³-hybridized carbons (Fsp3) is 0.400. The number of halogens is 1. The minimum absolute atomic E-state index is 0. The van der Waals surface area contributed by atoms with Crippen LogP contribution in [0.25, 0.3) is 0 Å². The second-order valence-electron chi connectivity index (χ2n) is 3.12. The molecule has 0 unspecified atom stereocenters. The highest BCUT2D eigenvalue weighted by Crippen LogP contribution is 2.06. The second-order valence-corrected chi connectivity index (χ2v) is 5.38. The quantitative estimate of drug-likeness (QED) is 0.561. The van der Waals surface area contributed by atoms with Gasteiger partial charge in [-0.05, 0) is 17.8 Å². The van der Waals surface area contributed by atoms with E-state index in [9.17, 15) is 0 Å². The van der Waals surface area contributed by atoms with Gasteiger partial charge < -0.3 is 12.4 Å². The molecular weight excluding hydrogens is 188 g/mol. The largest absolute Gasteiger partial charge is 1.00 e. The molecule has 1 aromatic rings. The Bertz CT molecular complexity index is 216. The zero-order valence-electron chi connectivity index (χ0n) is 7.80. The Morgan fingerprint density at radius 3 is 2.00 bits per heavy atom. The van der Waals surface area contributed by atoms with E-state index < -0.39 is 0 Å². The number of rotatable bonds is 2. The van der Waals surface area contributed by atoms with Crippen LogP contribution < -0.4 is 12.4 Å². The molecule has 0 bridgehead atoms. The van der Waals surface area contributed by atoms with Crippen molar-refractivity contribution < 1.29 is 12.4 Å². The average molecular weight is 203 g/mol. The summed E-state index contributed by atoms with van der Waals surface area (Å²) in [4.78, 5) is 0. The van der Waals surface area contributed by atoms with Crippen molar-refractivity contribution in [2.75, 3.05) is 12.5 Å². The molecule has 0 N–H and O–H groups in total. The van der Waals surface area contributed by atoms with E-state index >= 15 is 0 Å². The van der Waals surface area contributed by atoms with Crippen molar-refractivity contribution in [3.8, 4) is 0 Å². The first-order chi connectivity index (χ1) is 5.18. The zero-order chi connectivity index (χ0) is 8.27. The van der Waals surface area contributed by atoms with E-state index in [1.165, 1.54) is 16.9 Å². The number of hydrogen-bond donors (Lipinski definition) is 0. The van der Waals surface area contributed by atoms with Crippen LogP contribution in [0.15, 0.2) is 24.3 Å². The normalized spacial score (nSPS) is 9.67. The number of hydrogen-bond acceptors (Lipinski definition) is 0. The molecule has 0 nitrogen and oxygen atoms in total. The maximum atomic E-state index is 2.28. The average Bonchev–Trinajstić information content (AvgIpc) is 1.93. The number of benzene rings is 1. The first-order valence-corrected chi connectivity index (χ1v) is 5.99. The van der Waals surface area contributed by atoms with Gasteiger partial charge in [-0.2, -0.15) is 0 Å². The Morgan fingerprint density at radius 2 is 1.58 bits per heavy atom. The van der Waals surface area contributed by atoms with E-state index in [1.54, 1.807) is 0 Å². The van der Waals surface area contributed by atoms with Gasteiger partial charge in [0.25, 0.3) is 0 Å². The van der Waals surface area contributed by atoms with Crippen LogP contribution in [0.2, 0.25) is 0 Å². The first kappa shape index (κ1) is 11.9. The molecule has 0 spiro atoms. The van der Waals surface area contributed by atoms with Crippen LogP contribution in [0.1, 0.15) is 11.1 Å². The molecule has 0 heterocycles. The third kappa shape index (κ3) is 4.03. The van der Waals surface area contributed by atoms with Gasteiger partial charge in [0.15, 0.2) is 0 Å². The van der Waals surface area contributed by atoms with Crippen LogP contribution in [0, 0.1) is 6.92 Å². The van der Waals surface area contributed by atoms with Gasteiger partial charge in [-0.3, -0.25) is 0 Å². The summed E-state index contributed by atoms with van der Waals surface area (Å²) in [5.41, 5.74) is 2.81. The van der Waals surface area contributed by atoms with Gasteiger partial charge in [-0.25, -0.2) is 0 Å². The summed E-state index contributed by atoms with van der Waals surface area (Å²) in [5, 5.41) is 0. The molecule has 0 saturated heterocycles. The summed E-state index contributed by atoms with van der Waals surface area (Å²) in [6.07, 6.45) is 4.56. The van der Waals surface area contributed by atoms with Crippen molar-refractivity contribution in [2.45, 2.75) is 12.7 Å². The van der Waals surface area contributed by atoms with Crippen LogP contribution in [0.5, 0.6) is 0 Å². The second kappa shape index (κ2) is 5.50. The fourth-order valence-corrected chi connectivity index (χ4v) is 1.88. The molecule has 12 heavy (non-hydrogen) atoms. The van der Waals surface area contributed by atoms with Crippen molar-refractivity contribution in [3.63, 3.8) is 0 Å². The predicted octanol–water partition coefficient (Wildman–Crippen LogP) is -0.623. The lowest BCUT2D eigenvalue weighted by Gasteiger charge is -1.98. The molecule has 0 aliphatic heterocycles. The summed E-state index contributed by atoms with van der Waals surface area (Å²) in [6.45, 7) is 2.13. The SMILES string of the molecule is Cc1ccc(C[S+](C)C)cc1.[Cl-]. The van der Waals surface area contributed by atoms with Crippen LogP contribution in [0.3, 0.4) is 0 Å². The standard InChI is InChI=1S/C10H15S.ClH/c1-9-4-6-10(7-5-9)8-11(2)3;/h4-7H,8H2,1-3H3;1H/q+1;/p-1. The lowest BCUT2D eigenvalue weighted by atomic mass is 10.2. The maximum Gasteiger partial charge on any atom is 0.132 e. The van der Waals surface area contributed by atoms with Crippen molar-refractivity contribution in [1.29, 1.82) is 0 Å². The molecule has 0 aliphatic rings. The smallest absolute Gasteiger partial charge is 0.132 e. The lowest BCUT2D eigenvalue weighted by molar-refractivity contribution is -0.00000252. The summed E-state index contributed by atoms with van der Waals surface area (Å²) in [5.74, 6) is 1.22. The highest BCUT2D eigenvalue weighted by molar-refractivity contribution is 7.94. The van der Waals surface area contributed by atoms with Gasteiger partial charge in [-0.1, -0.05) is 29.8 Å². The van der Waals surface area contributed by atoms with E-state index in [1.807, 2.05) is 0 Å². The van der Waals surface area contributed by atoms with Crippen molar-refractivity contribution in [3.05, 3.63) is 35.4 Å².